The van der Waals surface area contributed by atoms with Crippen LogP contribution in [0, 0.1) is 12.8 Å². The molecule has 2 N–H and O–H groups in total. The molecular weight excluding hydrogens is 472 g/mol. The third kappa shape index (κ3) is 4.99. The molecule has 2 aromatic heterocycles. The van der Waals surface area contributed by atoms with Gasteiger partial charge in [-0.3, -0.25) is 25.2 Å². The monoisotopic (exact) mass is 498 g/mol. The number of aromatic nitrogens is 1. The topological polar surface area (TPSA) is 91.4 Å². The van der Waals surface area contributed by atoms with Gasteiger partial charge in [-0.2, -0.15) is 0 Å². The zero-order valence-corrected chi connectivity index (χ0v) is 20.7. The Morgan fingerprint density at radius 1 is 0.944 bits per heavy atom. The summed E-state index contributed by atoms with van der Waals surface area (Å²) in [5, 5.41) is 2.59. The predicted molar refractivity (Wildman–Crippen MR) is 140 cm³/mol. The third-order valence-electron chi connectivity index (χ3n) is 6.49. The van der Waals surface area contributed by atoms with E-state index in [0.717, 1.165) is 11.1 Å². The first kappa shape index (κ1) is 23.7. The van der Waals surface area contributed by atoms with Crippen molar-refractivity contribution >= 4 is 40.0 Å². The Balaban J connectivity index is 1.25. The van der Waals surface area contributed by atoms with Gasteiger partial charge in [0.1, 0.15) is 0 Å². The van der Waals surface area contributed by atoms with Crippen LogP contribution in [0.25, 0.3) is 22.2 Å². The first-order valence-electron chi connectivity index (χ1n) is 11.9. The van der Waals surface area contributed by atoms with Crippen LogP contribution in [0.4, 0.5) is 0 Å². The lowest BCUT2D eigenvalue weighted by Crippen LogP contribution is -2.48. The molecule has 0 spiro atoms. The van der Waals surface area contributed by atoms with Crippen LogP contribution in [0.15, 0.2) is 72.1 Å². The largest absolute Gasteiger partial charge is 0.338 e. The van der Waals surface area contributed by atoms with Gasteiger partial charge in [0.15, 0.2) is 0 Å². The minimum atomic E-state index is -0.402. The maximum absolute atomic E-state index is 13.2. The van der Waals surface area contributed by atoms with Crippen LogP contribution >= 0.6 is 11.3 Å². The van der Waals surface area contributed by atoms with E-state index < -0.39 is 5.91 Å². The molecule has 0 aliphatic carbocycles. The Kier molecular flexibility index (Phi) is 6.77. The number of nitrogens with zero attached hydrogens (tertiary/aromatic N) is 2. The van der Waals surface area contributed by atoms with Crippen LogP contribution in [-0.2, 0) is 4.79 Å². The van der Waals surface area contributed by atoms with Gasteiger partial charge in [-0.05, 0) is 43.3 Å². The van der Waals surface area contributed by atoms with Gasteiger partial charge in [0.25, 0.3) is 11.8 Å². The molecule has 2 aromatic carbocycles. The van der Waals surface area contributed by atoms with E-state index in [0.29, 0.717) is 53.0 Å². The summed E-state index contributed by atoms with van der Waals surface area (Å²) in [4.78, 5) is 45.7. The number of aryl methyl sites for hydroxylation is 1. The summed E-state index contributed by atoms with van der Waals surface area (Å²) in [6, 6.07) is 20.8. The quantitative estimate of drug-likeness (QED) is 0.403. The molecule has 0 atom stereocenters. The molecule has 0 unspecified atom stereocenters. The molecule has 8 heteroatoms. The molecule has 0 radical (unpaired) electrons. The molecule has 1 fully saturated rings. The molecule has 1 aliphatic heterocycles. The second-order valence-corrected chi connectivity index (χ2v) is 9.87. The molecule has 36 heavy (non-hydrogen) atoms. The lowest BCUT2D eigenvalue weighted by atomic mass is 9.96. The van der Waals surface area contributed by atoms with Gasteiger partial charge in [-0.1, -0.05) is 54.1 Å². The van der Waals surface area contributed by atoms with E-state index in [2.05, 4.69) is 10.9 Å². The molecule has 1 aliphatic rings. The van der Waals surface area contributed by atoms with Crippen molar-refractivity contribution in [2.75, 3.05) is 13.1 Å². The summed E-state index contributed by atoms with van der Waals surface area (Å²) >= 11 is 1.42. The minimum absolute atomic E-state index is 0.00565. The summed E-state index contributed by atoms with van der Waals surface area (Å²) in [5.41, 5.74) is 9.06. The zero-order chi connectivity index (χ0) is 25.1. The summed E-state index contributed by atoms with van der Waals surface area (Å²) < 4.78 is 0. The van der Waals surface area contributed by atoms with E-state index in [9.17, 15) is 14.4 Å². The van der Waals surface area contributed by atoms with Crippen LogP contribution in [0.2, 0.25) is 0 Å². The predicted octanol–water partition coefficient (Wildman–Crippen LogP) is 4.59. The number of pyridine rings is 1. The number of hydrogen-bond acceptors (Lipinski definition) is 5. The fourth-order valence-corrected chi connectivity index (χ4v) is 5.11. The van der Waals surface area contributed by atoms with Gasteiger partial charge in [0.2, 0.25) is 5.91 Å². The van der Waals surface area contributed by atoms with Crippen LogP contribution in [0.3, 0.4) is 0 Å². The number of carbonyl (C=O) groups is 3. The summed E-state index contributed by atoms with van der Waals surface area (Å²) in [5.74, 6) is -0.912. The van der Waals surface area contributed by atoms with Crippen molar-refractivity contribution in [3.63, 3.8) is 0 Å². The minimum Gasteiger partial charge on any atom is -0.338 e. The highest BCUT2D eigenvalue weighted by molar-refractivity contribution is 7.12. The Labute approximate surface area is 213 Å². The van der Waals surface area contributed by atoms with Gasteiger partial charge < -0.3 is 4.90 Å². The number of hydrazine groups is 1. The Bertz CT molecular complexity index is 1410. The molecule has 5 rings (SSSR count). The highest BCUT2D eigenvalue weighted by Gasteiger charge is 2.28. The van der Waals surface area contributed by atoms with E-state index in [1.54, 1.807) is 11.0 Å². The smallest absolute Gasteiger partial charge is 0.270 e. The van der Waals surface area contributed by atoms with E-state index >= 15 is 0 Å². The number of piperidine rings is 1. The van der Waals surface area contributed by atoms with E-state index in [-0.39, 0.29) is 17.7 Å². The number of fused-ring (bicyclic) bond motifs is 1. The van der Waals surface area contributed by atoms with Crippen molar-refractivity contribution in [3.05, 3.63) is 88.1 Å². The number of amides is 3. The van der Waals surface area contributed by atoms with Crippen molar-refractivity contribution in [1.82, 2.24) is 20.7 Å². The van der Waals surface area contributed by atoms with Crippen molar-refractivity contribution in [2.24, 2.45) is 5.92 Å². The number of benzene rings is 2. The van der Waals surface area contributed by atoms with Gasteiger partial charge >= 0.3 is 0 Å². The first-order valence-corrected chi connectivity index (χ1v) is 12.8. The average Bonchev–Trinajstić information content (AvgIpc) is 3.46. The number of likely N-dealkylation sites (tertiary alicyclic amines) is 1. The molecule has 182 valence electrons. The molecule has 7 nitrogen and oxygen atoms in total. The van der Waals surface area contributed by atoms with Crippen molar-refractivity contribution in [3.8, 4) is 11.3 Å². The number of rotatable bonds is 4. The molecule has 0 saturated carbocycles. The highest BCUT2D eigenvalue weighted by atomic mass is 32.1. The number of nitrogens with one attached hydrogen (secondary N) is 2. The standard InChI is InChI=1S/C28H26N4O3S/c1-18-8-10-19(11-9-18)24-17-22(21-5-2-3-6-23(21)29-24)27(34)31-30-26(33)20-12-14-32(15-13-20)28(35)25-7-4-16-36-25/h2-11,16-17,20H,12-15H2,1H3,(H,30,33)(H,31,34). The SMILES string of the molecule is Cc1ccc(-c2cc(C(=O)NNC(=O)C3CCN(C(=O)c4cccs4)CC3)c3ccccc3n2)cc1. The summed E-state index contributed by atoms with van der Waals surface area (Å²) in [6.07, 6.45) is 1.10. The molecule has 1 saturated heterocycles. The zero-order valence-electron chi connectivity index (χ0n) is 19.9. The Morgan fingerprint density at radius 2 is 1.69 bits per heavy atom. The number of para-hydroxylation sites is 1. The van der Waals surface area contributed by atoms with Crippen LogP contribution < -0.4 is 10.9 Å². The van der Waals surface area contributed by atoms with Crippen LogP contribution in [0.1, 0.15) is 38.4 Å². The van der Waals surface area contributed by atoms with Crippen LogP contribution in [-0.4, -0.2) is 40.7 Å². The number of hydrogen-bond donors (Lipinski definition) is 2. The summed E-state index contributed by atoms with van der Waals surface area (Å²) in [6.45, 7) is 3.04. The highest BCUT2D eigenvalue weighted by Crippen LogP contribution is 2.25. The lowest BCUT2D eigenvalue weighted by molar-refractivity contribution is -0.127. The molecule has 3 heterocycles. The second-order valence-electron chi connectivity index (χ2n) is 8.93. The fourth-order valence-electron chi connectivity index (χ4n) is 4.42. The molecule has 0 bridgehead atoms. The Hall–Kier alpha value is -4.04. The van der Waals surface area contributed by atoms with E-state index in [1.807, 2.05) is 73.0 Å². The average molecular weight is 499 g/mol. The van der Waals surface area contributed by atoms with Gasteiger partial charge in [0.05, 0.1) is 21.7 Å². The van der Waals surface area contributed by atoms with Gasteiger partial charge in [0, 0.05) is 30.0 Å². The lowest BCUT2D eigenvalue weighted by Gasteiger charge is -2.31. The summed E-state index contributed by atoms with van der Waals surface area (Å²) in [7, 11) is 0. The maximum Gasteiger partial charge on any atom is 0.270 e. The van der Waals surface area contributed by atoms with Gasteiger partial charge in [-0.25, -0.2) is 4.98 Å². The van der Waals surface area contributed by atoms with Crippen molar-refractivity contribution in [1.29, 1.82) is 0 Å². The molecule has 3 amide bonds. The Morgan fingerprint density at radius 3 is 2.42 bits per heavy atom. The first-order chi connectivity index (χ1) is 17.5. The normalized spacial score (nSPS) is 14.0. The van der Waals surface area contributed by atoms with Crippen molar-refractivity contribution in [2.45, 2.75) is 19.8 Å². The number of carbonyl (C=O) groups excluding carboxylic acids is 3. The molecular formula is C28H26N4O3S. The van der Waals surface area contributed by atoms with Gasteiger partial charge in [-0.15, -0.1) is 11.3 Å². The second kappa shape index (κ2) is 10.3. The third-order valence-corrected chi connectivity index (χ3v) is 7.35. The van der Waals surface area contributed by atoms with E-state index in [4.69, 9.17) is 4.98 Å². The van der Waals surface area contributed by atoms with Crippen LogP contribution in [0.5, 0.6) is 0 Å². The maximum atomic E-state index is 13.2. The number of thiophene rings is 1. The van der Waals surface area contributed by atoms with Crippen molar-refractivity contribution < 1.29 is 14.4 Å². The van der Waals surface area contributed by atoms with E-state index in [1.165, 1.54) is 11.3 Å². The fraction of sp³-hybridized carbons (Fsp3) is 0.214. The molecule has 4 aromatic rings.